The van der Waals surface area contributed by atoms with Crippen LogP contribution in [0.1, 0.15) is 138 Å². The number of carbonyl (C=O) groups excluding carboxylic acids is 2. The average Bonchev–Trinajstić information content (AvgIpc) is 3.58. The van der Waals surface area contributed by atoms with Gasteiger partial charge in [0.05, 0.1) is 23.2 Å². The summed E-state index contributed by atoms with van der Waals surface area (Å²) in [5.41, 5.74) is 6.27. The monoisotopic (exact) mass is 661 g/mol. The van der Waals surface area contributed by atoms with Crippen LogP contribution in [-0.2, 0) is 18.9 Å². The van der Waals surface area contributed by atoms with Crippen molar-refractivity contribution in [2.45, 2.75) is 161 Å². The summed E-state index contributed by atoms with van der Waals surface area (Å²) in [6.07, 6.45) is 13.1. The molecule has 1 saturated carbocycles. The number of nitrogens with two attached hydrogens (primary N) is 1. The van der Waals surface area contributed by atoms with Crippen LogP contribution in [0.4, 0.5) is 0 Å². The molecular formula is C33H60BN7O6. The molecular weight excluding hydrogens is 601 g/mol. The van der Waals surface area contributed by atoms with Crippen LogP contribution < -0.4 is 21.8 Å². The van der Waals surface area contributed by atoms with Gasteiger partial charge in [-0.05, 0) is 84.5 Å². The summed E-state index contributed by atoms with van der Waals surface area (Å²) >= 11 is 0. The van der Waals surface area contributed by atoms with Crippen molar-refractivity contribution >= 4 is 24.9 Å². The number of aliphatic imine (C=N–C) groups is 1. The Balaban J connectivity index is 2.16. The van der Waals surface area contributed by atoms with Crippen molar-refractivity contribution in [1.29, 1.82) is 5.26 Å². The first-order valence-corrected chi connectivity index (χ1v) is 17.7. The van der Waals surface area contributed by atoms with E-state index in [1.807, 2.05) is 33.1 Å². The number of nitrogens with zero attached hydrogens (tertiary/aromatic N) is 3. The maximum absolute atomic E-state index is 14.0. The number of guanidine groups is 1. The number of rotatable bonds is 21. The molecule has 47 heavy (non-hydrogen) atoms. The number of amides is 2. The molecule has 2 aliphatic rings. The molecule has 1 aliphatic heterocycles. The van der Waals surface area contributed by atoms with Gasteiger partial charge in [0.2, 0.25) is 11.8 Å². The Hall–Kier alpha value is -2.92. The lowest BCUT2D eigenvalue weighted by Crippen LogP contribution is -2.55. The zero-order valence-corrected chi connectivity index (χ0v) is 29.6. The third kappa shape index (κ3) is 14.0. The molecule has 3 unspecified atom stereocenters. The van der Waals surface area contributed by atoms with E-state index in [-0.39, 0.29) is 42.6 Å². The van der Waals surface area contributed by atoms with E-state index in [0.717, 1.165) is 70.6 Å². The SMILES string of the molecule is CC(C)CC(NC(=O)C(CCCN=C(N)N[N+](=O)[O-])NC(=O)C(CCCCCCCCC#N)C1CCCC1)B1OC(C)(C)C(C)(C)O1. The highest BCUT2D eigenvalue weighted by molar-refractivity contribution is 6.48. The molecule has 0 radical (unpaired) electrons. The first-order valence-electron chi connectivity index (χ1n) is 17.7. The fraction of sp³-hybridized carbons (Fsp3) is 0.879. The van der Waals surface area contributed by atoms with Gasteiger partial charge in [0.1, 0.15) is 6.04 Å². The summed E-state index contributed by atoms with van der Waals surface area (Å²) in [4.78, 5) is 42.5. The smallest absolute Gasteiger partial charge is 0.402 e. The first kappa shape index (κ1) is 40.3. The number of hydrogen-bond donors (Lipinski definition) is 4. The molecule has 0 aromatic rings. The van der Waals surface area contributed by atoms with Gasteiger partial charge in [-0.25, -0.2) is 15.1 Å². The lowest BCUT2D eigenvalue weighted by Gasteiger charge is -2.32. The second-order valence-electron chi connectivity index (χ2n) is 14.7. The Morgan fingerprint density at radius 2 is 1.57 bits per heavy atom. The molecule has 2 rings (SSSR count). The summed E-state index contributed by atoms with van der Waals surface area (Å²) in [5.74, 6) is -0.785. The largest absolute Gasteiger partial charge is 0.481 e. The minimum absolute atomic E-state index is 0.0971. The second-order valence-corrected chi connectivity index (χ2v) is 14.7. The molecule has 2 amide bonds. The number of nitrogens with one attached hydrogen (secondary N) is 3. The summed E-state index contributed by atoms with van der Waals surface area (Å²) in [6.45, 7) is 12.2. The van der Waals surface area contributed by atoms with Gasteiger partial charge < -0.3 is 25.7 Å². The van der Waals surface area contributed by atoms with Gasteiger partial charge in [-0.2, -0.15) is 5.26 Å². The third-order valence-electron chi connectivity index (χ3n) is 9.78. The van der Waals surface area contributed by atoms with E-state index in [9.17, 15) is 19.7 Å². The maximum Gasteiger partial charge on any atom is 0.481 e. The van der Waals surface area contributed by atoms with Crippen LogP contribution in [0, 0.1) is 39.2 Å². The van der Waals surface area contributed by atoms with E-state index in [2.05, 4.69) is 35.5 Å². The van der Waals surface area contributed by atoms with Crippen molar-refractivity contribution in [2.24, 2.45) is 28.5 Å². The van der Waals surface area contributed by atoms with Gasteiger partial charge in [0, 0.05) is 18.9 Å². The van der Waals surface area contributed by atoms with Gasteiger partial charge in [0.15, 0.2) is 5.03 Å². The Kier molecular flexibility index (Phi) is 17.0. The summed E-state index contributed by atoms with van der Waals surface area (Å²) < 4.78 is 12.6. The van der Waals surface area contributed by atoms with Gasteiger partial charge >= 0.3 is 7.12 Å². The Labute approximate surface area is 282 Å². The normalized spacial score (nSPS) is 19.6. The van der Waals surface area contributed by atoms with E-state index in [0.29, 0.717) is 25.2 Å². The van der Waals surface area contributed by atoms with Gasteiger partial charge in [-0.15, -0.1) is 0 Å². The molecule has 0 aromatic carbocycles. The minimum atomic E-state index is -0.830. The van der Waals surface area contributed by atoms with Gasteiger partial charge in [0.25, 0.3) is 5.96 Å². The Bertz CT molecular complexity index is 1060. The molecule has 0 spiro atoms. The average molecular weight is 662 g/mol. The van der Waals surface area contributed by atoms with Crippen molar-refractivity contribution in [3.63, 3.8) is 0 Å². The highest BCUT2D eigenvalue weighted by Gasteiger charge is 2.54. The number of nitro groups is 1. The van der Waals surface area contributed by atoms with Crippen LogP contribution in [0.25, 0.3) is 0 Å². The highest BCUT2D eigenvalue weighted by Crippen LogP contribution is 2.38. The van der Waals surface area contributed by atoms with E-state index < -0.39 is 35.3 Å². The van der Waals surface area contributed by atoms with Crippen LogP contribution in [0.15, 0.2) is 4.99 Å². The van der Waals surface area contributed by atoms with Crippen molar-refractivity contribution in [3.8, 4) is 6.07 Å². The van der Waals surface area contributed by atoms with Crippen LogP contribution in [0.3, 0.4) is 0 Å². The number of hydrogen-bond acceptors (Lipinski definition) is 8. The van der Waals surface area contributed by atoms with E-state index in [1.165, 1.54) is 0 Å². The topological polar surface area (TPSA) is 194 Å². The molecule has 1 heterocycles. The first-order chi connectivity index (χ1) is 22.2. The van der Waals surface area contributed by atoms with E-state index in [4.69, 9.17) is 20.3 Å². The van der Waals surface area contributed by atoms with Crippen molar-refractivity contribution in [3.05, 3.63) is 10.1 Å². The van der Waals surface area contributed by atoms with Crippen molar-refractivity contribution in [1.82, 2.24) is 16.1 Å². The fourth-order valence-electron chi connectivity index (χ4n) is 6.47. The summed E-state index contributed by atoms with van der Waals surface area (Å²) in [7, 11) is -0.647. The predicted octanol–water partition coefficient (Wildman–Crippen LogP) is 4.96. The van der Waals surface area contributed by atoms with E-state index in [1.54, 1.807) is 0 Å². The molecule has 2 fully saturated rings. The molecule has 1 aliphatic carbocycles. The second kappa shape index (κ2) is 19.8. The van der Waals surface area contributed by atoms with Gasteiger partial charge in [-0.3, -0.25) is 9.59 Å². The molecule has 1 saturated heterocycles. The molecule has 0 aromatic heterocycles. The Morgan fingerprint density at radius 1 is 0.979 bits per heavy atom. The third-order valence-corrected chi connectivity index (χ3v) is 9.78. The summed E-state index contributed by atoms with van der Waals surface area (Å²) in [6, 6.07) is 1.36. The molecule has 14 heteroatoms. The number of nitriles is 1. The zero-order valence-electron chi connectivity index (χ0n) is 29.6. The highest BCUT2D eigenvalue weighted by atomic mass is 16.7. The lowest BCUT2D eigenvalue weighted by atomic mass is 9.74. The van der Waals surface area contributed by atoms with Crippen LogP contribution in [-0.4, -0.2) is 59.7 Å². The predicted molar refractivity (Wildman–Crippen MR) is 183 cm³/mol. The van der Waals surface area contributed by atoms with Crippen molar-refractivity contribution in [2.75, 3.05) is 6.54 Å². The van der Waals surface area contributed by atoms with Crippen LogP contribution >= 0.6 is 0 Å². The van der Waals surface area contributed by atoms with Crippen LogP contribution in [0.2, 0.25) is 0 Å². The summed E-state index contributed by atoms with van der Waals surface area (Å²) in [5, 5.41) is 24.9. The minimum Gasteiger partial charge on any atom is -0.402 e. The lowest BCUT2D eigenvalue weighted by molar-refractivity contribution is -0.525. The molecule has 0 bridgehead atoms. The maximum atomic E-state index is 14.0. The number of carbonyl (C=O) groups is 2. The van der Waals surface area contributed by atoms with Crippen LogP contribution in [0.5, 0.6) is 0 Å². The molecule has 3 atom stereocenters. The van der Waals surface area contributed by atoms with Crippen molar-refractivity contribution < 1.29 is 23.9 Å². The van der Waals surface area contributed by atoms with E-state index >= 15 is 0 Å². The number of hydrazine groups is 1. The number of unbranched alkanes of at least 4 members (excludes halogenated alkanes) is 6. The molecule has 5 N–H and O–H groups in total. The fourth-order valence-corrected chi connectivity index (χ4v) is 6.47. The zero-order chi connectivity index (χ0) is 35.0. The Morgan fingerprint density at radius 3 is 2.15 bits per heavy atom. The van der Waals surface area contributed by atoms with Gasteiger partial charge in [-0.1, -0.05) is 64.2 Å². The quantitative estimate of drug-likeness (QED) is 0.0328. The molecule has 13 nitrogen and oxygen atoms in total. The molecule has 266 valence electrons. The standard InChI is InChI=1S/C33H60BN7O6/c1-24(2)23-28(34-46-32(3,4)33(5,6)47-34)39-30(43)27(20-16-22-37-31(36)40-41(44)45)38-29(42)26(25-17-13-14-18-25)19-12-10-8-7-9-11-15-21-35/h24-28H,7-20,22-23H2,1-6H3,(H,38,42)(H,39,43)(H3,36,37,40).